The molecule has 3 rings (SSSR count). The van der Waals surface area contributed by atoms with E-state index < -0.39 is 11.7 Å². The van der Waals surface area contributed by atoms with Gasteiger partial charge in [0.15, 0.2) is 0 Å². The molecular weight excluding hydrogens is 301 g/mol. The van der Waals surface area contributed by atoms with E-state index in [4.69, 9.17) is 11.6 Å². The van der Waals surface area contributed by atoms with E-state index in [1.165, 1.54) is 4.90 Å². The summed E-state index contributed by atoms with van der Waals surface area (Å²) >= 11 is 5.99. The molecule has 0 saturated heterocycles. The van der Waals surface area contributed by atoms with Gasteiger partial charge in [0.2, 0.25) is 0 Å². The summed E-state index contributed by atoms with van der Waals surface area (Å²) in [6.07, 6.45) is -1.74. The summed E-state index contributed by atoms with van der Waals surface area (Å²) in [5, 5.41) is 0.0328. The minimum Gasteiger partial charge on any atom is -0.324 e. The van der Waals surface area contributed by atoms with Crippen LogP contribution >= 0.6 is 11.6 Å². The lowest BCUT2D eigenvalue weighted by molar-refractivity contribution is -0.0893. The van der Waals surface area contributed by atoms with E-state index >= 15 is 0 Å². The van der Waals surface area contributed by atoms with Gasteiger partial charge in [-0.3, -0.25) is 4.99 Å². The van der Waals surface area contributed by atoms with Crippen molar-refractivity contribution in [1.82, 2.24) is 4.90 Å². The molecule has 0 bridgehead atoms. The van der Waals surface area contributed by atoms with E-state index in [1.807, 2.05) is 30.3 Å². The van der Waals surface area contributed by atoms with Crippen molar-refractivity contribution in [3.05, 3.63) is 58.8 Å². The fourth-order valence-electron chi connectivity index (χ4n) is 2.56. The molecule has 0 aromatic heterocycles. The Morgan fingerprint density at radius 3 is 2.57 bits per heavy atom. The van der Waals surface area contributed by atoms with Crippen molar-refractivity contribution in [1.29, 1.82) is 0 Å². The van der Waals surface area contributed by atoms with Crippen molar-refractivity contribution in [3.63, 3.8) is 0 Å². The predicted octanol–water partition coefficient (Wildman–Crippen LogP) is 4.41. The molecule has 2 aliphatic heterocycles. The first-order valence-corrected chi connectivity index (χ1v) is 6.89. The van der Waals surface area contributed by atoms with E-state index in [-0.39, 0.29) is 11.1 Å². The second kappa shape index (κ2) is 5.22. The van der Waals surface area contributed by atoms with Crippen LogP contribution in [-0.2, 0) is 0 Å². The Kier molecular flexibility index (Phi) is 3.53. The van der Waals surface area contributed by atoms with Crippen LogP contribution in [0.5, 0.6) is 0 Å². The summed E-state index contributed by atoms with van der Waals surface area (Å²) < 4.78 is 38.9. The molecule has 0 spiro atoms. The van der Waals surface area contributed by atoms with Crippen LogP contribution in [0.4, 0.5) is 13.2 Å². The Morgan fingerprint density at radius 2 is 1.90 bits per heavy atom. The van der Waals surface area contributed by atoms with Crippen LogP contribution < -0.4 is 0 Å². The second-order valence-corrected chi connectivity index (χ2v) is 5.31. The van der Waals surface area contributed by atoms with Gasteiger partial charge in [0, 0.05) is 12.7 Å². The molecule has 0 fully saturated rings. The average molecular weight is 313 g/mol. The van der Waals surface area contributed by atoms with Crippen molar-refractivity contribution in [3.8, 4) is 0 Å². The molecule has 2 heterocycles. The maximum Gasteiger partial charge on any atom is 0.417 e. The Labute approximate surface area is 125 Å². The van der Waals surface area contributed by atoms with Crippen molar-refractivity contribution in [2.24, 2.45) is 4.99 Å². The third-order valence-electron chi connectivity index (χ3n) is 3.53. The molecule has 0 saturated carbocycles. The number of halogens is 4. The van der Waals surface area contributed by atoms with Gasteiger partial charge in [0.1, 0.15) is 5.84 Å². The van der Waals surface area contributed by atoms with Gasteiger partial charge in [-0.2, -0.15) is 13.2 Å². The zero-order valence-corrected chi connectivity index (χ0v) is 11.7. The number of allylic oxidation sites excluding steroid dienone is 2. The summed E-state index contributed by atoms with van der Waals surface area (Å²) in [5.74, 6) is 0.407. The standard InChI is InChI=1S/C15H12ClF3N2/c16-12-8-11(15(17,18)19)9-21-13(6-7-20-14(12)21)10-4-2-1-3-5-10/h1-5,8-9,13H,6-7H2. The molecule has 2 aliphatic rings. The Morgan fingerprint density at radius 1 is 1.19 bits per heavy atom. The van der Waals surface area contributed by atoms with Crippen molar-refractivity contribution < 1.29 is 13.2 Å². The lowest BCUT2D eigenvalue weighted by Gasteiger charge is -2.37. The number of amidine groups is 1. The third-order valence-corrected chi connectivity index (χ3v) is 3.81. The monoisotopic (exact) mass is 312 g/mol. The highest BCUT2D eigenvalue weighted by Crippen LogP contribution is 2.38. The molecule has 110 valence electrons. The van der Waals surface area contributed by atoms with E-state index in [0.717, 1.165) is 17.8 Å². The van der Waals surface area contributed by atoms with Gasteiger partial charge in [0.05, 0.1) is 16.6 Å². The van der Waals surface area contributed by atoms with Crippen LogP contribution in [0.2, 0.25) is 0 Å². The van der Waals surface area contributed by atoms with Gasteiger partial charge in [-0.25, -0.2) is 0 Å². The summed E-state index contributed by atoms with van der Waals surface area (Å²) in [4.78, 5) is 5.79. The zero-order valence-electron chi connectivity index (χ0n) is 10.9. The lowest BCUT2D eigenvalue weighted by atomic mass is 9.99. The number of hydrogen-bond donors (Lipinski definition) is 0. The minimum atomic E-state index is -4.43. The van der Waals surface area contributed by atoms with Crippen LogP contribution in [-0.4, -0.2) is 23.5 Å². The summed E-state index contributed by atoms with van der Waals surface area (Å²) in [6, 6.07) is 9.24. The smallest absolute Gasteiger partial charge is 0.324 e. The molecule has 6 heteroatoms. The molecule has 0 aliphatic carbocycles. The fraction of sp³-hybridized carbons (Fsp3) is 0.267. The highest BCUT2D eigenvalue weighted by molar-refractivity contribution is 6.43. The topological polar surface area (TPSA) is 15.6 Å². The SMILES string of the molecule is FC(F)(F)C1=CN2C(=NCCC2c2ccccc2)C(Cl)=C1. The van der Waals surface area contributed by atoms with Gasteiger partial charge >= 0.3 is 6.18 Å². The normalized spacial score (nSPS) is 22.2. The molecule has 21 heavy (non-hydrogen) atoms. The Hall–Kier alpha value is -1.75. The van der Waals surface area contributed by atoms with Gasteiger partial charge in [0.25, 0.3) is 0 Å². The number of nitrogens with zero attached hydrogens (tertiary/aromatic N) is 2. The van der Waals surface area contributed by atoms with E-state index in [0.29, 0.717) is 18.8 Å². The van der Waals surface area contributed by atoms with Crippen LogP contribution in [0.3, 0.4) is 0 Å². The van der Waals surface area contributed by atoms with Gasteiger partial charge in [-0.05, 0) is 18.1 Å². The van der Waals surface area contributed by atoms with E-state index in [2.05, 4.69) is 4.99 Å². The summed E-state index contributed by atoms with van der Waals surface area (Å²) in [5.41, 5.74) is 0.198. The predicted molar refractivity (Wildman–Crippen MR) is 76.0 cm³/mol. The van der Waals surface area contributed by atoms with Crippen molar-refractivity contribution >= 4 is 17.4 Å². The molecule has 1 aromatic rings. The van der Waals surface area contributed by atoms with E-state index in [9.17, 15) is 13.2 Å². The molecule has 2 nitrogen and oxygen atoms in total. The highest BCUT2D eigenvalue weighted by Gasteiger charge is 2.38. The summed E-state index contributed by atoms with van der Waals surface area (Å²) in [7, 11) is 0. The number of hydrogen-bond acceptors (Lipinski definition) is 2. The Bertz CT molecular complexity index is 632. The van der Waals surface area contributed by atoms with Crippen LogP contribution in [0, 0.1) is 0 Å². The number of benzene rings is 1. The molecule has 1 aromatic carbocycles. The number of rotatable bonds is 1. The average Bonchev–Trinajstić information content (AvgIpc) is 2.46. The first kappa shape index (κ1) is 14.2. The van der Waals surface area contributed by atoms with Gasteiger partial charge < -0.3 is 4.90 Å². The quantitative estimate of drug-likeness (QED) is 0.750. The van der Waals surface area contributed by atoms with Crippen LogP contribution in [0.1, 0.15) is 18.0 Å². The fourth-order valence-corrected chi connectivity index (χ4v) is 2.83. The maximum atomic E-state index is 13.0. The van der Waals surface area contributed by atoms with Gasteiger partial charge in [-0.15, -0.1) is 0 Å². The Balaban J connectivity index is 2.03. The number of aliphatic imine (C=N–C) groups is 1. The first-order chi connectivity index (χ1) is 9.97. The largest absolute Gasteiger partial charge is 0.417 e. The first-order valence-electron chi connectivity index (χ1n) is 6.51. The zero-order chi connectivity index (χ0) is 15.0. The molecule has 0 radical (unpaired) electrons. The lowest BCUT2D eigenvalue weighted by Crippen LogP contribution is -2.38. The molecule has 1 unspecified atom stereocenters. The maximum absolute atomic E-state index is 13.0. The third kappa shape index (κ3) is 2.70. The van der Waals surface area contributed by atoms with E-state index in [1.54, 1.807) is 0 Å². The molecule has 1 atom stereocenters. The number of alkyl halides is 3. The highest BCUT2D eigenvalue weighted by atomic mass is 35.5. The second-order valence-electron chi connectivity index (χ2n) is 4.90. The number of fused-ring (bicyclic) bond motifs is 1. The molecular formula is C15H12ClF3N2. The van der Waals surface area contributed by atoms with Crippen molar-refractivity contribution in [2.45, 2.75) is 18.6 Å². The van der Waals surface area contributed by atoms with Gasteiger partial charge in [-0.1, -0.05) is 41.9 Å². The minimum absolute atomic E-state index is 0.0328. The van der Waals surface area contributed by atoms with Crippen LogP contribution in [0.15, 0.2) is 58.2 Å². The molecule has 0 N–H and O–H groups in total. The van der Waals surface area contributed by atoms with Crippen LogP contribution in [0.25, 0.3) is 0 Å². The summed E-state index contributed by atoms with van der Waals surface area (Å²) in [6.45, 7) is 0.546. The molecule has 0 amide bonds. The van der Waals surface area contributed by atoms with Crippen molar-refractivity contribution in [2.75, 3.05) is 6.54 Å².